The Morgan fingerprint density at radius 2 is 1.43 bits per heavy atom. The van der Waals surface area contributed by atoms with Crippen LogP contribution in [0.15, 0.2) is 33.9 Å². The fourth-order valence-electron chi connectivity index (χ4n) is 12.3. The van der Waals surface area contributed by atoms with Crippen molar-refractivity contribution in [1.82, 2.24) is 0 Å². The molecule has 0 aromatic heterocycles. The average Bonchev–Trinajstić information content (AvgIpc) is 2.96. The lowest BCUT2D eigenvalue weighted by Crippen LogP contribution is -2.55. The van der Waals surface area contributed by atoms with E-state index in [2.05, 4.69) is 61.5 Å². The summed E-state index contributed by atoms with van der Waals surface area (Å²) in [4.78, 5) is 26.2. The molecule has 2 N–H and O–H groups in total. The quantitative estimate of drug-likeness (QED) is 0.306. The van der Waals surface area contributed by atoms with Gasteiger partial charge in [-0.2, -0.15) is 0 Å². The summed E-state index contributed by atoms with van der Waals surface area (Å²) in [7, 11) is 0. The van der Waals surface area contributed by atoms with Crippen LogP contribution >= 0.6 is 0 Å². The van der Waals surface area contributed by atoms with Crippen LogP contribution in [0.2, 0.25) is 0 Å². The maximum Gasteiger partial charge on any atom is 0.309 e. The van der Waals surface area contributed by atoms with E-state index in [4.69, 9.17) is 0 Å². The minimum absolute atomic E-state index is 0.0168. The van der Waals surface area contributed by atoms with Crippen LogP contribution in [0.25, 0.3) is 0 Å². The van der Waals surface area contributed by atoms with E-state index in [1.165, 1.54) is 17.6 Å². The second kappa shape index (κ2) is 10.9. The van der Waals surface area contributed by atoms with Gasteiger partial charge in [-0.1, -0.05) is 82.8 Å². The molecule has 9 atom stereocenters. The number of rotatable bonds is 5. The summed E-state index contributed by atoms with van der Waals surface area (Å²) in [6, 6.07) is 0. The third kappa shape index (κ3) is 4.56. The van der Waals surface area contributed by atoms with Crippen molar-refractivity contribution >= 4 is 11.9 Å². The van der Waals surface area contributed by atoms with Gasteiger partial charge in [0.2, 0.25) is 0 Å². The summed E-state index contributed by atoms with van der Waals surface area (Å²) < 4.78 is 0. The predicted molar refractivity (Wildman–Crippen MR) is 177 cm³/mol. The Labute approximate surface area is 267 Å². The van der Waals surface area contributed by atoms with Gasteiger partial charge in [-0.3, -0.25) is 9.59 Å². The van der Waals surface area contributed by atoms with Crippen LogP contribution in [-0.2, 0) is 9.59 Å². The fourth-order valence-corrected chi connectivity index (χ4v) is 12.3. The molecule has 2 saturated carbocycles. The zero-order valence-corrected chi connectivity index (χ0v) is 29.0. The van der Waals surface area contributed by atoms with Crippen LogP contribution in [0.3, 0.4) is 0 Å². The summed E-state index contributed by atoms with van der Waals surface area (Å²) in [6.45, 7) is 18.4. The molecule has 4 heteroatoms. The van der Waals surface area contributed by atoms with E-state index in [0.29, 0.717) is 23.7 Å². The van der Waals surface area contributed by atoms with Gasteiger partial charge in [-0.25, -0.2) is 0 Å². The smallest absolute Gasteiger partial charge is 0.309 e. The Kier molecular flexibility index (Phi) is 7.93. The number of carbonyl (C=O) groups is 2. The number of aliphatic carboxylic acids is 2. The molecule has 0 aliphatic heterocycles. The molecule has 6 aliphatic carbocycles. The molecule has 2 fully saturated rings. The minimum Gasteiger partial charge on any atom is -0.481 e. The van der Waals surface area contributed by atoms with Crippen LogP contribution in [0, 0.1) is 63.1 Å². The Morgan fingerprint density at radius 3 is 2.05 bits per heavy atom. The molecule has 0 aromatic carbocycles. The second-order valence-electron chi connectivity index (χ2n) is 17.9. The second-order valence-corrected chi connectivity index (χ2v) is 17.9. The van der Waals surface area contributed by atoms with Crippen molar-refractivity contribution in [3.63, 3.8) is 0 Å². The Hall–Kier alpha value is -1.84. The van der Waals surface area contributed by atoms with Crippen molar-refractivity contribution < 1.29 is 19.8 Å². The number of hydrogen-bond donors (Lipinski definition) is 2. The predicted octanol–water partition coefficient (Wildman–Crippen LogP) is 10.2. The van der Waals surface area contributed by atoms with Crippen LogP contribution in [0.4, 0.5) is 0 Å². The molecule has 0 radical (unpaired) electrons. The molecule has 0 heterocycles. The standard InChI is InChI=1S/C40H60O4/c1-23(2)25-11-13-31-29(19-25)27(21-33-37(31,5)15-9-17-39(33,7)35(41)42)28-22-34-38(6,16-10-18-40(34,8)36(43)44)32-14-12-26(24(3)4)20-30(28)32/h19,23-24,26,28,31,33-34H,9-18,20-22H2,1-8H3,(H,41,42)(H,43,44)/t26?,28?,31?,33?,34?,37-,38-,39-,40-/m1/s1. The summed E-state index contributed by atoms with van der Waals surface area (Å²) in [5.41, 5.74) is 6.32. The van der Waals surface area contributed by atoms with E-state index in [9.17, 15) is 19.8 Å². The van der Waals surface area contributed by atoms with Crippen molar-refractivity contribution in [2.75, 3.05) is 0 Å². The van der Waals surface area contributed by atoms with Crippen molar-refractivity contribution in [2.45, 2.75) is 139 Å². The fraction of sp³-hybridized carbons (Fsp3) is 0.800. The number of allylic oxidation sites excluding steroid dienone is 6. The first-order chi connectivity index (χ1) is 20.6. The SMILES string of the molecule is CC(C)C1=CC2=C(C3CC4[C@](C)(C(=O)O)CCC[C@]4(C)C4=C3CC(C(C)C)CC4)CC3[C@](C)(CCC[C@@]3(C)C(=O)O)C2CC1. The summed E-state index contributed by atoms with van der Waals surface area (Å²) in [5.74, 6) is 1.39. The number of hydrogen-bond acceptors (Lipinski definition) is 2. The molecule has 0 spiro atoms. The Bertz CT molecular complexity index is 1310. The normalized spacial score (nSPS) is 44.0. The largest absolute Gasteiger partial charge is 0.481 e. The highest BCUT2D eigenvalue weighted by Gasteiger charge is 2.62. The molecule has 6 rings (SSSR count). The van der Waals surface area contributed by atoms with Crippen molar-refractivity contribution in [3.05, 3.63) is 33.9 Å². The highest BCUT2D eigenvalue weighted by Crippen LogP contribution is 2.69. The first-order valence-electron chi connectivity index (χ1n) is 18.2. The monoisotopic (exact) mass is 604 g/mol. The lowest BCUT2D eigenvalue weighted by Gasteiger charge is -2.61. The van der Waals surface area contributed by atoms with Gasteiger partial charge in [0.05, 0.1) is 10.8 Å². The third-order valence-electron chi connectivity index (χ3n) is 15.2. The molecule has 0 saturated heterocycles. The van der Waals surface area contributed by atoms with Gasteiger partial charge in [0.1, 0.15) is 0 Å². The highest BCUT2D eigenvalue weighted by molar-refractivity contribution is 5.76. The van der Waals surface area contributed by atoms with E-state index in [1.54, 1.807) is 16.7 Å². The molecule has 44 heavy (non-hydrogen) atoms. The van der Waals surface area contributed by atoms with Crippen LogP contribution in [0.1, 0.15) is 139 Å². The topological polar surface area (TPSA) is 74.6 Å². The Morgan fingerprint density at radius 1 is 0.795 bits per heavy atom. The summed E-state index contributed by atoms with van der Waals surface area (Å²) in [5, 5.41) is 21.5. The van der Waals surface area contributed by atoms with E-state index in [-0.39, 0.29) is 28.6 Å². The number of fused-ring (bicyclic) bond motifs is 5. The maximum absolute atomic E-state index is 13.1. The summed E-state index contributed by atoms with van der Waals surface area (Å²) >= 11 is 0. The average molecular weight is 605 g/mol. The van der Waals surface area contributed by atoms with E-state index in [1.807, 2.05) is 0 Å². The van der Waals surface area contributed by atoms with E-state index in [0.717, 1.165) is 77.0 Å². The van der Waals surface area contributed by atoms with Gasteiger partial charge < -0.3 is 10.2 Å². The van der Waals surface area contributed by atoms with Crippen molar-refractivity contribution in [2.24, 2.45) is 63.1 Å². The van der Waals surface area contributed by atoms with Gasteiger partial charge in [0.15, 0.2) is 0 Å². The molecular formula is C40H60O4. The Balaban J connectivity index is 1.59. The lowest BCUT2D eigenvalue weighted by molar-refractivity contribution is -0.163. The van der Waals surface area contributed by atoms with E-state index >= 15 is 0 Å². The first-order valence-corrected chi connectivity index (χ1v) is 18.2. The summed E-state index contributed by atoms with van der Waals surface area (Å²) in [6.07, 6.45) is 15.7. The molecule has 244 valence electrons. The zero-order valence-electron chi connectivity index (χ0n) is 29.0. The van der Waals surface area contributed by atoms with Gasteiger partial charge in [-0.05, 0) is 136 Å². The van der Waals surface area contributed by atoms with Crippen LogP contribution < -0.4 is 0 Å². The van der Waals surface area contributed by atoms with Gasteiger partial charge in [-0.15, -0.1) is 0 Å². The first kappa shape index (κ1) is 32.1. The van der Waals surface area contributed by atoms with Gasteiger partial charge in [0, 0.05) is 5.92 Å². The molecule has 4 nitrogen and oxygen atoms in total. The highest BCUT2D eigenvalue weighted by atomic mass is 16.4. The molecule has 0 amide bonds. The van der Waals surface area contributed by atoms with Crippen molar-refractivity contribution in [3.8, 4) is 0 Å². The van der Waals surface area contributed by atoms with E-state index < -0.39 is 22.8 Å². The van der Waals surface area contributed by atoms with Gasteiger partial charge >= 0.3 is 11.9 Å². The van der Waals surface area contributed by atoms with Crippen LogP contribution in [-0.4, -0.2) is 22.2 Å². The molecular weight excluding hydrogens is 544 g/mol. The zero-order chi connectivity index (χ0) is 32.0. The molecule has 6 aliphatic rings. The van der Waals surface area contributed by atoms with Crippen molar-refractivity contribution in [1.29, 1.82) is 0 Å². The number of carboxylic acids is 2. The molecule has 0 bridgehead atoms. The third-order valence-corrected chi connectivity index (χ3v) is 15.2. The number of carboxylic acid groups (broad SMARTS) is 2. The van der Waals surface area contributed by atoms with Gasteiger partial charge in [0.25, 0.3) is 0 Å². The van der Waals surface area contributed by atoms with Crippen LogP contribution in [0.5, 0.6) is 0 Å². The molecule has 0 aromatic rings. The lowest BCUT2D eigenvalue weighted by atomic mass is 9.42. The minimum atomic E-state index is -0.724. The molecule has 5 unspecified atom stereocenters. The maximum atomic E-state index is 13.1.